The van der Waals surface area contributed by atoms with Crippen molar-refractivity contribution < 1.29 is 19.1 Å². The molecule has 0 bridgehead atoms. The Hall–Kier alpha value is -2.77. The maximum Gasteiger partial charge on any atom is 0.267 e. The molecule has 0 radical (unpaired) electrons. The van der Waals surface area contributed by atoms with E-state index in [0.717, 1.165) is 0 Å². The lowest BCUT2D eigenvalue weighted by Crippen LogP contribution is -2.46. The molecule has 30 heavy (non-hydrogen) atoms. The van der Waals surface area contributed by atoms with Crippen molar-refractivity contribution in [2.45, 2.75) is 19.4 Å². The van der Waals surface area contributed by atoms with Crippen LogP contribution in [0.25, 0.3) is 0 Å². The average Bonchev–Trinajstić information content (AvgIpc) is 2.71. The zero-order valence-corrected chi connectivity index (χ0v) is 18.0. The van der Waals surface area contributed by atoms with Crippen molar-refractivity contribution in [3.05, 3.63) is 52.5 Å². The molecule has 0 saturated carbocycles. The summed E-state index contributed by atoms with van der Waals surface area (Å²) in [6.45, 7) is 1.68. The summed E-state index contributed by atoms with van der Waals surface area (Å²) in [5.74, 6) is -0.321. The summed E-state index contributed by atoms with van der Waals surface area (Å²) in [4.78, 5) is 40.2. The van der Waals surface area contributed by atoms with Crippen molar-refractivity contribution >= 4 is 52.3 Å². The molecule has 0 fully saturated rings. The second-order valence-corrected chi connectivity index (χ2v) is 7.68. The molecule has 158 valence electrons. The Morgan fingerprint density at radius 1 is 1.13 bits per heavy atom. The predicted molar refractivity (Wildman–Crippen MR) is 116 cm³/mol. The smallest absolute Gasteiger partial charge is 0.267 e. The van der Waals surface area contributed by atoms with Crippen LogP contribution < -0.4 is 15.0 Å². The lowest BCUT2D eigenvalue weighted by Gasteiger charge is -2.33. The second kappa shape index (κ2) is 9.36. The van der Waals surface area contributed by atoms with Crippen LogP contribution in [0.2, 0.25) is 10.0 Å². The first-order valence-electron chi connectivity index (χ1n) is 9.33. The largest absolute Gasteiger partial charge is 0.479 e. The van der Waals surface area contributed by atoms with Crippen LogP contribution in [0.5, 0.6) is 5.75 Å². The molecule has 1 N–H and O–H groups in total. The SMILES string of the molecule is C[C@@H]1Oc2ccccc2N(CCC(=O)N(C)CC(=O)Nc2c(Cl)cccc2Cl)C1=O. The fourth-order valence-electron chi connectivity index (χ4n) is 3.09. The Labute approximate surface area is 184 Å². The van der Waals surface area contributed by atoms with Gasteiger partial charge in [-0.15, -0.1) is 0 Å². The lowest BCUT2D eigenvalue weighted by atomic mass is 10.1. The maximum atomic E-state index is 12.5. The summed E-state index contributed by atoms with van der Waals surface area (Å²) in [6, 6.07) is 12.1. The quantitative estimate of drug-likeness (QED) is 0.730. The highest BCUT2D eigenvalue weighted by molar-refractivity contribution is 6.39. The number of amides is 3. The van der Waals surface area contributed by atoms with Gasteiger partial charge >= 0.3 is 0 Å². The Morgan fingerprint density at radius 3 is 2.50 bits per heavy atom. The van der Waals surface area contributed by atoms with E-state index < -0.39 is 12.0 Å². The van der Waals surface area contributed by atoms with Crippen LogP contribution in [0.15, 0.2) is 42.5 Å². The number of para-hydroxylation sites is 3. The third kappa shape index (κ3) is 4.86. The van der Waals surface area contributed by atoms with Crippen LogP contribution in [0.3, 0.4) is 0 Å². The zero-order valence-electron chi connectivity index (χ0n) is 16.5. The highest BCUT2D eigenvalue weighted by Crippen LogP contribution is 2.33. The molecule has 1 heterocycles. The molecule has 7 nitrogen and oxygen atoms in total. The van der Waals surface area contributed by atoms with Crippen molar-refractivity contribution in [2.24, 2.45) is 0 Å². The fourth-order valence-corrected chi connectivity index (χ4v) is 3.58. The number of rotatable bonds is 6. The first-order chi connectivity index (χ1) is 14.3. The molecule has 3 rings (SSSR count). The molecule has 1 aliphatic rings. The summed E-state index contributed by atoms with van der Waals surface area (Å²) in [6.07, 6.45) is -0.567. The zero-order chi connectivity index (χ0) is 21.8. The van der Waals surface area contributed by atoms with Gasteiger partial charge in [0, 0.05) is 20.0 Å². The Morgan fingerprint density at radius 2 is 1.80 bits per heavy atom. The fraction of sp³-hybridized carbons (Fsp3) is 0.286. The molecule has 1 atom stereocenters. The molecule has 1 aliphatic heterocycles. The third-order valence-electron chi connectivity index (χ3n) is 4.66. The molecule has 0 spiro atoms. The van der Waals surface area contributed by atoms with Gasteiger partial charge in [-0.25, -0.2) is 0 Å². The number of fused-ring (bicyclic) bond motifs is 1. The minimum absolute atomic E-state index is 0.0590. The molecule has 2 aromatic carbocycles. The standard InChI is InChI=1S/C21H21Cl2N3O4/c1-13-21(29)26(16-8-3-4-9-17(16)30-13)11-10-19(28)25(2)12-18(27)24-20-14(22)6-5-7-15(20)23/h3-9,13H,10-12H2,1-2H3,(H,24,27)/t13-/m0/s1. The molecule has 3 amide bonds. The molecule has 2 aromatic rings. The number of nitrogens with zero attached hydrogens (tertiary/aromatic N) is 2. The van der Waals surface area contributed by atoms with E-state index >= 15 is 0 Å². The molecular weight excluding hydrogens is 429 g/mol. The van der Waals surface area contributed by atoms with E-state index in [4.69, 9.17) is 27.9 Å². The molecular formula is C21H21Cl2N3O4. The molecule has 0 aromatic heterocycles. The van der Waals surface area contributed by atoms with Gasteiger partial charge in [0.2, 0.25) is 11.8 Å². The van der Waals surface area contributed by atoms with Crippen LogP contribution in [-0.2, 0) is 14.4 Å². The van der Waals surface area contributed by atoms with Gasteiger partial charge in [-0.05, 0) is 31.2 Å². The normalized spacial score (nSPS) is 15.3. The van der Waals surface area contributed by atoms with E-state index in [1.54, 1.807) is 48.2 Å². The number of nitrogens with one attached hydrogen (secondary N) is 1. The number of ether oxygens (including phenoxy) is 1. The van der Waals surface area contributed by atoms with Gasteiger partial charge in [-0.3, -0.25) is 14.4 Å². The van der Waals surface area contributed by atoms with Gasteiger partial charge in [0.1, 0.15) is 5.75 Å². The highest BCUT2D eigenvalue weighted by Gasteiger charge is 2.31. The maximum absolute atomic E-state index is 12.5. The van der Waals surface area contributed by atoms with E-state index in [1.165, 1.54) is 11.9 Å². The van der Waals surface area contributed by atoms with Crippen LogP contribution in [0.4, 0.5) is 11.4 Å². The van der Waals surface area contributed by atoms with Gasteiger partial charge in [0.15, 0.2) is 6.10 Å². The third-order valence-corrected chi connectivity index (χ3v) is 5.29. The van der Waals surface area contributed by atoms with Crippen molar-refractivity contribution in [1.82, 2.24) is 4.90 Å². The number of likely N-dealkylation sites (N-methyl/N-ethyl adjacent to an activating group) is 1. The van der Waals surface area contributed by atoms with E-state index in [9.17, 15) is 14.4 Å². The molecule has 9 heteroatoms. The van der Waals surface area contributed by atoms with Crippen molar-refractivity contribution in [3.8, 4) is 5.75 Å². The monoisotopic (exact) mass is 449 g/mol. The number of anilines is 2. The molecule has 0 unspecified atom stereocenters. The first kappa shape index (κ1) is 21.9. The number of halogens is 2. The van der Waals surface area contributed by atoms with Gasteiger partial charge in [-0.2, -0.15) is 0 Å². The van der Waals surface area contributed by atoms with Crippen molar-refractivity contribution in [2.75, 3.05) is 30.4 Å². The van der Waals surface area contributed by atoms with Crippen LogP contribution in [-0.4, -0.2) is 48.9 Å². The van der Waals surface area contributed by atoms with E-state index in [2.05, 4.69) is 5.32 Å². The minimum Gasteiger partial charge on any atom is -0.479 e. The Kier molecular flexibility index (Phi) is 6.84. The topological polar surface area (TPSA) is 79.0 Å². The molecule has 0 saturated heterocycles. The van der Waals surface area contributed by atoms with Crippen molar-refractivity contribution in [3.63, 3.8) is 0 Å². The van der Waals surface area contributed by atoms with Crippen molar-refractivity contribution in [1.29, 1.82) is 0 Å². The lowest BCUT2D eigenvalue weighted by molar-refractivity contribution is -0.133. The van der Waals surface area contributed by atoms with E-state index in [1.807, 2.05) is 6.07 Å². The first-order valence-corrected chi connectivity index (χ1v) is 10.1. The molecule has 0 aliphatic carbocycles. The van der Waals surface area contributed by atoms with E-state index in [0.29, 0.717) is 27.2 Å². The van der Waals surface area contributed by atoms with E-state index in [-0.39, 0.29) is 31.3 Å². The summed E-state index contributed by atoms with van der Waals surface area (Å²) >= 11 is 12.1. The summed E-state index contributed by atoms with van der Waals surface area (Å²) < 4.78 is 5.60. The Balaban J connectivity index is 1.58. The minimum atomic E-state index is -0.626. The summed E-state index contributed by atoms with van der Waals surface area (Å²) in [5.41, 5.74) is 0.929. The number of hydrogen-bond acceptors (Lipinski definition) is 4. The Bertz CT molecular complexity index is 962. The summed E-state index contributed by atoms with van der Waals surface area (Å²) in [7, 11) is 1.52. The van der Waals surface area contributed by atoms with Gasteiger partial charge in [0.25, 0.3) is 5.91 Å². The van der Waals surface area contributed by atoms with Gasteiger partial charge in [-0.1, -0.05) is 41.4 Å². The number of hydrogen-bond donors (Lipinski definition) is 1. The van der Waals surface area contributed by atoms with Gasteiger partial charge < -0.3 is 19.9 Å². The van der Waals surface area contributed by atoms with Crippen LogP contribution >= 0.6 is 23.2 Å². The highest BCUT2D eigenvalue weighted by atomic mass is 35.5. The van der Waals surface area contributed by atoms with Crippen LogP contribution in [0.1, 0.15) is 13.3 Å². The summed E-state index contributed by atoms with van der Waals surface area (Å²) in [5, 5.41) is 3.24. The number of carbonyl (C=O) groups excluding carboxylic acids is 3. The van der Waals surface area contributed by atoms with Gasteiger partial charge in [0.05, 0.1) is 28.0 Å². The number of benzene rings is 2. The second-order valence-electron chi connectivity index (χ2n) is 6.86. The predicted octanol–water partition coefficient (Wildman–Crippen LogP) is 3.59. The van der Waals surface area contributed by atoms with Crippen LogP contribution in [0, 0.1) is 0 Å². The average molecular weight is 450 g/mol. The number of carbonyl (C=O) groups is 3.